The lowest BCUT2D eigenvalue weighted by molar-refractivity contribution is -0.140. The Kier molecular flexibility index (Phi) is 7.40. The first-order valence-corrected chi connectivity index (χ1v) is 9.33. The van der Waals surface area contributed by atoms with Gasteiger partial charge in [-0.1, -0.05) is 0 Å². The molecule has 0 unspecified atom stereocenters. The highest BCUT2D eigenvalue weighted by Crippen LogP contribution is 2.29. The molecule has 148 valence electrons. The summed E-state index contributed by atoms with van der Waals surface area (Å²) in [5.41, 5.74) is 0.179. The van der Waals surface area contributed by atoms with Crippen LogP contribution in [0.5, 0.6) is 0 Å². The van der Waals surface area contributed by atoms with Gasteiger partial charge in [-0.3, -0.25) is 0 Å². The second kappa shape index (κ2) is 9.54. The minimum absolute atomic E-state index is 0.394. The molecule has 0 fully saturated rings. The van der Waals surface area contributed by atoms with Gasteiger partial charge in [0, 0.05) is 45.2 Å². The maximum Gasteiger partial charge on any atom is 0.434 e. The van der Waals surface area contributed by atoms with Gasteiger partial charge in [-0.05, 0) is 24.6 Å². The van der Waals surface area contributed by atoms with Crippen LogP contribution < -0.4 is 15.5 Å². The van der Waals surface area contributed by atoms with Crippen molar-refractivity contribution in [1.29, 1.82) is 0 Å². The van der Waals surface area contributed by atoms with Crippen molar-refractivity contribution in [3.63, 3.8) is 0 Å². The van der Waals surface area contributed by atoms with Crippen molar-refractivity contribution in [2.75, 3.05) is 32.1 Å². The molecule has 2 N–H and O–H groups in total. The van der Waals surface area contributed by atoms with E-state index in [1.54, 1.807) is 6.20 Å². The molecular weight excluding hydrogens is 377 g/mol. The van der Waals surface area contributed by atoms with Crippen molar-refractivity contribution in [3.05, 3.63) is 40.0 Å². The number of nitrogens with zero attached hydrogens (tertiary/aromatic N) is 4. The van der Waals surface area contributed by atoms with Crippen molar-refractivity contribution >= 4 is 23.1 Å². The van der Waals surface area contributed by atoms with Crippen LogP contribution in [0.2, 0.25) is 0 Å². The zero-order valence-electron chi connectivity index (χ0n) is 15.5. The van der Waals surface area contributed by atoms with Crippen LogP contribution in [-0.2, 0) is 19.1 Å². The van der Waals surface area contributed by atoms with Crippen LogP contribution in [0.3, 0.4) is 0 Å². The Labute approximate surface area is 160 Å². The van der Waals surface area contributed by atoms with E-state index in [-0.39, 0.29) is 0 Å². The van der Waals surface area contributed by atoms with E-state index in [0.29, 0.717) is 37.0 Å². The molecule has 27 heavy (non-hydrogen) atoms. The Balaban J connectivity index is 1.92. The first-order valence-electron chi connectivity index (χ1n) is 8.45. The molecule has 0 aliphatic heterocycles. The summed E-state index contributed by atoms with van der Waals surface area (Å²) in [5.74, 6) is 1.46. The van der Waals surface area contributed by atoms with E-state index in [9.17, 15) is 13.2 Å². The maximum absolute atomic E-state index is 12.6. The quantitative estimate of drug-likeness (QED) is 0.553. The molecule has 0 saturated heterocycles. The van der Waals surface area contributed by atoms with Gasteiger partial charge in [-0.2, -0.15) is 13.2 Å². The van der Waals surface area contributed by atoms with E-state index in [0.717, 1.165) is 28.1 Å². The topological polar surface area (TPSA) is 65.4 Å². The fourth-order valence-corrected chi connectivity index (χ4v) is 2.96. The summed E-state index contributed by atoms with van der Waals surface area (Å²) in [4.78, 5) is 14.3. The third-order valence-corrected chi connectivity index (χ3v) is 4.41. The summed E-state index contributed by atoms with van der Waals surface area (Å²) in [7, 11) is 3.84. The molecule has 0 spiro atoms. The Hall–Kier alpha value is -2.36. The number of hydrogen-bond acceptors (Lipinski definition) is 5. The second-order valence-corrected chi connectivity index (χ2v) is 6.86. The fourth-order valence-electron chi connectivity index (χ4n) is 2.16. The number of aliphatic imine (C=N–C) groups is 1. The molecule has 2 rings (SSSR count). The number of guanidine groups is 1. The van der Waals surface area contributed by atoms with Crippen LogP contribution >= 0.6 is 11.3 Å². The highest BCUT2D eigenvalue weighted by Gasteiger charge is 2.33. The Morgan fingerprint density at radius 1 is 1.30 bits per heavy atom. The van der Waals surface area contributed by atoms with Crippen LogP contribution in [0.4, 0.5) is 19.0 Å². The molecule has 0 saturated carbocycles. The summed E-state index contributed by atoms with van der Waals surface area (Å²) in [6.45, 7) is 3.54. The molecule has 0 atom stereocenters. The highest BCUT2D eigenvalue weighted by molar-refractivity contribution is 7.09. The summed E-state index contributed by atoms with van der Waals surface area (Å²) >= 11 is 1.01. The van der Waals surface area contributed by atoms with Crippen molar-refractivity contribution in [2.24, 2.45) is 4.99 Å². The molecular formula is C17H23F3N6S. The Morgan fingerprint density at radius 3 is 2.70 bits per heavy atom. The lowest BCUT2D eigenvalue weighted by atomic mass is 10.2. The zero-order chi connectivity index (χ0) is 19.9. The monoisotopic (exact) mass is 400 g/mol. The SMILES string of the molecule is CCNC(=NCc1ccnc(N(C)C)c1)NCCc1nc(C(F)(F)F)cs1. The number of thiazole rings is 1. The molecule has 10 heteroatoms. The largest absolute Gasteiger partial charge is 0.434 e. The van der Waals surface area contributed by atoms with Crippen LogP contribution in [0.15, 0.2) is 28.7 Å². The number of pyridine rings is 1. The first-order chi connectivity index (χ1) is 12.8. The number of anilines is 1. The maximum atomic E-state index is 12.6. The lowest BCUT2D eigenvalue weighted by Crippen LogP contribution is -2.38. The van der Waals surface area contributed by atoms with E-state index in [1.807, 2.05) is 38.1 Å². The summed E-state index contributed by atoms with van der Waals surface area (Å²) in [5, 5.41) is 7.73. The molecule has 2 aromatic heterocycles. The lowest BCUT2D eigenvalue weighted by Gasteiger charge is -2.13. The number of hydrogen-bond donors (Lipinski definition) is 2. The zero-order valence-corrected chi connectivity index (χ0v) is 16.3. The average Bonchev–Trinajstić information content (AvgIpc) is 3.09. The fraction of sp³-hybridized carbons (Fsp3) is 0.471. The van der Waals surface area contributed by atoms with E-state index in [4.69, 9.17) is 0 Å². The number of aromatic nitrogens is 2. The van der Waals surface area contributed by atoms with E-state index in [1.165, 1.54) is 0 Å². The van der Waals surface area contributed by atoms with Gasteiger partial charge < -0.3 is 15.5 Å². The minimum atomic E-state index is -4.39. The van der Waals surface area contributed by atoms with Crippen LogP contribution in [0.25, 0.3) is 0 Å². The van der Waals surface area contributed by atoms with Gasteiger partial charge in [0.05, 0.1) is 11.6 Å². The van der Waals surface area contributed by atoms with Crippen molar-refractivity contribution in [3.8, 4) is 0 Å². The van der Waals surface area contributed by atoms with Crippen LogP contribution in [0.1, 0.15) is 23.2 Å². The normalized spacial score (nSPS) is 12.1. The Bertz CT molecular complexity index is 757. The number of halogens is 3. The van der Waals surface area contributed by atoms with Gasteiger partial charge in [-0.25, -0.2) is 15.0 Å². The van der Waals surface area contributed by atoms with Gasteiger partial charge in [0.2, 0.25) is 0 Å². The molecule has 0 radical (unpaired) electrons. The average molecular weight is 400 g/mol. The van der Waals surface area contributed by atoms with Gasteiger partial charge >= 0.3 is 6.18 Å². The van der Waals surface area contributed by atoms with Crippen molar-refractivity contribution < 1.29 is 13.2 Å². The summed E-state index contributed by atoms with van der Waals surface area (Å²) < 4.78 is 37.8. The third kappa shape index (κ3) is 6.70. The van der Waals surface area contributed by atoms with Crippen LogP contribution in [-0.4, -0.2) is 43.1 Å². The smallest absolute Gasteiger partial charge is 0.363 e. The minimum Gasteiger partial charge on any atom is -0.363 e. The molecule has 0 aromatic carbocycles. The molecule has 2 aromatic rings. The standard InChI is InChI=1S/C17H23F3N6S/c1-4-21-16(24-10-12-5-7-22-14(9-12)26(2)3)23-8-6-15-25-13(11-27-15)17(18,19)20/h5,7,9,11H,4,6,8,10H2,1-3H3,(H2,21,23,24). The second-order valence-electron chi connectivity index (χ2n) is 5.91. The molecule has 0 aliphatic carbocycles. The van der Waals surface area contributed by atoms with Gasteiger partial charge in [0.25, 0.3) is 0 Å². The van der Waals surface area contributed by atoms with Gasteiger partial charge in [0.15, 0.2) is 11.7 Å². The van der Waals surface area contributed by atoms with Crippen LogP contribution in [0, 0.1) is 0 Å². The highest BCUT2D eigenvalue weighted by atomic mass is 32.1. The molecule has 0 bridgehead atoms. The molecule has 0 amide bonds. The van der Waals surface area contributed by atoms with E-state index < -0.39 is 11.9 Å². The Morgan fingerprint density at radius 2 is 2.07 bits per heavy atom. The van der Waals surface area contributed by atoms with Gasteiger partial charge in [0.1, 0.15) is 5.82 Å². The van der Waals surface area contributed by atoms with E-state index >= 15 is 0 Å². The number of nitrogens with one attached hydrogen (secondary N) is 2. The summed E-state index contributed by atoms with van der Waals surface area (Å²) in [6.07, 6.45) is -2.26. The van der Waals surface area contributed by atoms with Crippen molar-refractivity contribution in [2.45, 2.75) is 26.1 Å². The first kappa shape index (κ1) is 20.9. The predicted octanol–water partition coefficient (Wildman–Crippen LogP) is 2.92. The van der Waals surface area contributed by atoms with E-state index in [2.05, 4.69) is 25.6 Å². The van der Waals surface area contributed by atoms with Crippen molar-refractivity contribution in [1.82, 2.24) is 20.6 Å². The molecule has 2 heterocycles. The third-order valence-electron chi connectivity index (χ3n) is 3.51. The predicted molar refractivity (Wildman–Crippen MR) is 102 cm³/mol. The molecule has 6 nitrogen and oxygen atoms in total. The summed E-state index contributed by atoms with van der Waals surface area (Å²) in [6, 6.07) is 3.86. The van der Waals surface area contributed by atoms with Gasteiger partial charge in [-0.15, -0.1) is 11.3 Å². The number of alkyl halides is 3. The number of rotatable bonds is 7. The molecule has 0 aliphatic rings.